The van der Waals surface area contributed by atoms with Gasteiger partial charge in [0.25, 0.3) is 23.4 Å². The van der Waals surface area contributed by atoms with Gasteiger partial charge in [0.2, 0.25) is 0 Å². The number of methoxy groups -OCH3 is 2. The third-order valence-corrected chi connectivity index (χ3v) is 6.65. The molecule has 5 rings (SSSR count). The minimum Gasteiger partial charge on any atom is -0.497 e. The average Bonchev–Trinajstić information content (AvgIpc) is 3.13. The minimum atomic E-state index is -1.31. The number of nitro groups is 1. The van der Waals surface area contributed by atoms with Crippen LogP contribution in [0.1, 0.15) is 37.9 Å². The van der Waals surface area contributed by atoms with E-state index in [1.165, 1.54) is 37.3 Å². The van der Waals surface area contributed by atoms with Gasteiger partial charge >= 0.3 is 0 Å². The lowest BCUT2D eigenvalue weighted by Crippen LogP contribution is -2.67. The van der Waals surface area contributed by atoms with Gasteiger partial charge in [-0.25, -0.2) is 4.39 Å². The second kappa shape index (κ2) is 8.70. The van der Waals surface area contributed by atoms with Crippen LogP contribution in [0.25, 0.3) is 0 Å². The molecule has 2 atom stereocenters. The van der Waals surface area contributed by atoms with Crippen LogP contribution in [0.2, 0.25) is 0 Å². The fourth-order valence-electron chi connectivity index (χ4n) is 4.74. The molecule has 3 aromatic rings. The predicted octanol–water partition coefficient (Wildman–Crippen LogP) is 3.81. The number of hydrogen-bond donors (Lipinski definition) is 0. The molecule has 1 saturated heterocycles. The van der Waals surface area contributed by atoms with Crippen molar-refractivity contribution in [2.45, 2.75) is 19.0 Å². The molecule has 0 N–H and O–H groups in total. The summed E-state index contributed by atoms with van der Waals surface area (Å²) in [6.07, 6.45) is 0. The zero-order valence-electron chi connectivity index (χ0n) is 19.9. The largest absolute Gasteiger partial charge is 0.497 e. The molecule has 2 heterocycles. The summed E-state index contributed by atoms with van der Waals surface area (Å²) in [7, 11) is 2.89. The smallest absolute Gasteiger partial charge is 0.270 e. The highest BCUT2D eigenvalue weighted by Gasteiger charge is 2.58. The van der Waals surface area contributed by atoms with Gasteiger partial charge in [0.15, 0.2) is 0 Å². The van der Waals surface area contributed by atoms with E-state index < -0.39 is 40.5 Å². The van der Waals surface area contributed by atoms with Crippen molar-refractivity contribution in [2.75, 3.05) is 19.1 Å². The highest BCUT2D eigenvalue weighted by molar-refractivity contribution is 6.25. The fraction of sp³-hybridized carbons (Fsp3) is 0.192. The van der Waals surface area contributed by atoms with Gasteiger partial charge in [-0.2, -0.15) is 0 Å². The van der Waals surface area contributed by atoms with Gasteiger partial charge in [0.1, 0.15) is 23.4 Å². The first kappa shape index (κ1) is 23.9. The summed E-state index contributed by atoms with van der Waals surface area (Å²) in [5.41, 5.74) is 0.472. The number of benzene rings is 3. The van der Waals surface area contributed by atoms with E-state index in [1.807, 2.05) is 0 Å². The highest BCUT2D eigenvalue weighted by Crippen LogP contribution is 2.47. The Hall–Kier alpha value is -4.80. The first-order valence-electron chi connectivity index (χ1n) is 11.2. The van der Waals surface area contributed by atoms with E-state index in [0.29, 0.717) is 22.6 Å². The van der Waals surface area contributed by atoms with Crippen molar-refractivity contribution in [1.82, 2.24) is 4.90 Å². The standard InChI is InChI=1S/C26H20FN3O7/c1-13-4-5-14(11-20(13)27)28-22(19-12-16(36-2)7-9-21(19)37-3)23(26(28)33)29-24(31)17-8-6-15(30(34)35)10-18(17)25(29)32/h4-12,22-23H,1-3H3/t22-,23-/m0/s1. The van der Waals surface area contributed by atoms with Crippen LogP contribution in [-0.2, 0) is 4.79 Å². The number of halogens is 1. The van der Waals surface area contributed by atoms with Crippen LogP contribution in [0.4, 0.5) is 15.8 Å². The number of aryl methyl sites for hydroxylation is 1. The molecule has 10 nitrogen and oxygen atoms in total. The van der Waals surface area contributed by atoms with E-state index in [9.17, 15) is 28.9 Å². The molecule has 2 aliphatic rings. The van der Waals surface area contributed by atoms with Crippen molar-refractivity contribution >= 4 is 29.1 Å². The molecule has 1 fully saturated rings. The molecule has 37 heavy (non-hydrogen) atoms. The van der Waals surface area contributed by atoms with E-state index in [4.69, 9.17) is 9.47 Å². The number of β-lactam (4-membered cyclic amide) rings is 1. The van der Waals surface area contributed by atoms with Crippen molar-refractivity contribution in [3.8, 4) is 11.5 Å². The number of carbonyl (C=O) groups excluding carboxylic acids is 3. The Morgan fingerprint density at radius 2 is 1.59 bits per heavy atom. The van der Waals surface area contributed by atoms with E-state index >= 15 is 0 Å². The van der Waals surface area contributed by atoms with E-state index in [2.05, 4.69) is 0 Å². The number of anilines is 1. The SMILES string of the molecule is COc1ccc(OC)c([C@H]2[C@H](N3C(=O)c4ccc([N+](=O)[O-])cc4C3=O)C(=O)N2c2ccc(C)c(F)c2)c1. The van der Waals surface area contributed by atoms with Crippen LogP contribution >= 0.6 is 0 Å². The Balaban J connectivity index is 1.64. The second-order valence-electron chi connectivity index (χ2n) is 8.61. The van der Waals surface area contributed by atoms with E-state index in [0.717, 1.165) is 17.0 Å². The lowest BCUT2D eigenvalue weighted by molar-refractivity contribution is -0.384. The average molecular weight is 505 g/mol. The number of amides is 3. The molecule has 0 aliphatic carbocycles. The number of hydrogen-bond acceptors (Lipinski definition) is 7. The maximum absolute atomic E-state index is 14.5. The Bertz CT molecular complexity index is 1510. The van der Waals surface area contributed by atoms with Gasteiger partial charge in [-0.3, -0.25) is 29.4 Å². The summed E-state index contributed by atoms with van der Waals surface area (Å²) in [6.45, 7) is 1.58. The minimum absolute atomic E-state index is 0.0420. The van der Waals surface area contributed by atoms with E-state index in [1.54, 1.807) is 31.2 Å². The van der Waals surface area contributed by atoms with Crippen molar-refractivity contribution in [3.63, 3.8) is 0 Å². The Morgan fingerprint density at radius 1 is 0.865 bits per heavy atom. The van der Waals surface area contributed by atoms with Crippen LogP contribution in [0.3, 0.4) is 0 Å². The Morgan fingerprint density at radius 3 is 2.24 bits per heavy atom. The molecule has 0 unspecified atom stereocenters. The molecule has 3 aromatic carbocycles. The van der Waals surface area contributed by atoms with Crippen LogP contribution in [0.5, 0.6) is 11.5 Å². The van der Waals surface area contributed by atoms with Gasteiger partial charge in [-0.15, -0.1) is 0 Å². The molecular weight excluding hydrogens is 485 g/mol. The van der Waals surface area contributed by atoms with E-state index in [-0.39, 0.29) is 22.5 Å². The number of imide groups is 1. The molecule has 3 amide bonds. The third kappa shape index (κ3) is 3.58. The van der Waals surface area contributed by atoms with Crippen molar-refractivity contribution in [3.05, 3.63) is 92.8 Å². The van der Waals surface area contributed by atoms with Gasteiger partial charge in [0, 0.05) is 23.4 Å². The topological polar surface area (TPSA) is 119 Å². The van der Waals surface area contributed by atoms with Gasteiger partial charge in [0.05, 0.1) is 36.3 Å². The van der Waals surface area contributed by atoms with Crippen LogP contribution in [0, 0.1) is 22.9 Å². The summed E-state index contributed by atoms with van der Waals surface area (Å²) in [6, 6.07) is 10.3. The molecule has 0 spiro atoms. The summed E-state index contributed by atoms with van der Waals surface area (Å²) < 4.78 is 25.3. The maximum Gasteiger partial charge on any atom is 0.270 e. The quantitative estimate of drug-likeness (QED) is 0.216. The first-order chi connectivity index (χ1) is 17.7. The zero-order chi connectivity index (χ0) is 26.6. The zero-order valence-corrected chi connectivity index (χ0v) is 19.9. The van der Waals surface area contributed by atoms with Crippen LogP contribution < -0.4 is 14.4 Å². The maximum atomic E-state index is 14.5. The fourth-order valence-corrected chi connectivity index (χ4v) is 4.74. The van der Waals surface area contributed by atoms with Crippen molar-refractivity contribution in [2.24, 2.45) is 0 Å². The normalized spacial score (nSPS) is 18.5. The number of non-ortho nitro benzene ring substituents is 1. The summed E-state index contributed by atoms with van der Waals surface area (Å²) in [5.74, 6) is -1.95. The number of nitrogens with zero attached hydrogens (tertiary/aromatic N) is 3. The molecule has 0 aromatic heterocycles. The summed E-state index contributed by atoms with van der Waals surface area (Å²) >= 11 is 0. The second-order valence-corrected chi connectivity index (χ2v) is 8.61. The van der Waals surface area contributed by atoms with Crippen LogP contribution in [0.15, 0.2) is 54.6 Å². The molecule has 2 aliphatic heterocycles. The Labute approximate surface area is 210 Å². The summed E-state index contributed by atoms with van der Waals surface area (Å²) in [5, 5.41) is 11.2. The first-order valence-corrected chi connectivity index (χ1v) is 11.2. The molecular formula is C26H20FN3O7. The molecule has 0 radical (unpaired) electrons. The van der Waals surface area contributed by atoms with Gasteiger partial charge < -0.3 is 14.4 Å². The van der Waals surface area contributed by atoms with Gasteiger partial charge in [-0.1, -0.05) is 6.07 Å². The Kier molecular flexibility index (Phi) is 5.62. The third-order valence-electron chi connectivity index (χ3n) is 6.65. The lowest BCUT2D eigenvalue weighted by atomic mass is 9.85. The van der Waals surface area contributed by atoms with Crippen molar-refractivity contribution < 1.29 is 33.2 Å². The lowest BCUT2D eigenvalue weighted by Gasteiger charge is -2.50. The van der Waals surface area contributed by atoms with Gasteiger partial charge in [-0.05, 0) is 48.9 Å². The highest BCUT2D eigenvalue weighted by atomic mass is 19.1. The number of ether oxygens (including phenoxy) is 2. The molecule has 0 bridgehead atoms. The summed E-state index contributed by atoms with van der Waals surface area (Å²) in [4.78, 5) is 52.9. The van der Waals surface area contributed by atoms with Crippen LogP contribution in [-0.4, -0.2) is 47.8 Å². The number of carbonyl (C=O) groups is 3. The monoisotopic (exact) mass is 505 g/mol. The number of rotatable bonds is 6. The molecule has 0 saturated carbocycles. The molecule has 11 heteroatoms. The number of nitro benzene ring substituents is 1. The van der Waals surface area contributed by atoms with Crippen molar-refractivity contribution in [1.29, 1.82) is 0 Å². The predicted molar refractivity (Wildman–Crippen MR) is 128 cm³/mol. The number of fused-ring (bicyclic) bond motifs is 1. The molecule has 188 valence electrons.